The number of hydrazine groups is 1. The second-order valence-corrected chi connectivity index (χ2v) is 3.37. The molecule has 0 spiro atoms. The lowest BCUT2D eigenvalue weighted by Crippen LogP contribution is -2.26. The Morgan fingerprint density at radius 3 is 2.71 bits per heavy atom. The first kappa shape index (κ1) is 10.8. The van der Waals surface area contributed by atoms with Crippen LogP contribution in [0.1, 0.15) is 11.6 Å². The molecular formula is C11H17N3. The molecule has 0 amide bonds. The summed E-state index contributed by atoms with van der Waals surface area (Å²) in [6, 6.07) is 8.19. The molecule has 0 radical (unpaired) electrons. The third-order valence-corrected chi connectivity index (χ3v) is 2.16. The minimum atomic E-state index is 0.00917. The molecule has 0 bridgehead atoms. The van der Waals surface area contributed by atoms with E-state index in [9.17, 15) is 0 Å². The molecule has 0 heterocycles. The van der Waals surface area contributed by atoms with Crippen LogP contribution in [-0.4, -0.2) is 14.1 Å². The van der Waals surface area contributed by atoms with Gasteiger partial charge in [-0.25, -0.2) is 5.43 Å². The van der Waals surface area contributed by atoms with E-state index in [0.717, 1.165) is 11.3 Å². The highest BCUT2D eigenvalue weighted by molar-refractivity contribution is 5.48. The molecule has 0 saturated carbocycles. The number of hydrogen-bond donors (Lipinski definition) is 2. The second kappa shape index (κ2) is 4.79. The number of nitrogens with zero attached hydrogens (tertiary/aromatic N) is 1. The van der Waals surface area contributed by atoms with Crippen LogP contribution >= 0.6 is 0 Å². The van der Waals surface area contributed by atoms with Crippen LogP contribution in [0.25, 0.3) is 0 Å². The van der Waals surface area contributed by atoms with Crippen molar-refractivity contribution in [1.29, 1.82) is 0 Å². The summed E-state index contributed by atoms with van der Waals surface area (Å²) < 4.78 is 0. The van der Waals surface area contributed by atoms with Gasteiger partial charge in [-0.3, -0.25) is 5.84 Å². The normalized spacial score (nSPS) is 12.2. The van der Waals surface area contributed by atoms with Crippen LogP contribution in [0.3, 0.4) is 0 Å². The summed E-state index contributed by atoms with van der Waals surface area (Å²) in [5.41, 5.74) is 4.97. The number of nitrogens with one attached hydrogen (secondary N) is 1. The maximum Gasteiger partial charge on any atom is 0.0638 e. The quantitative estimate of drug-likeness (QED) is 0.430. The minimum Gasteiger partial charge on any atom is -0.378 e. The van der Waals surface area contributed by atoms with E-state index in [0.29, 0.717) is 0 Å². The van der Waals surface area contributed by atoms with Gasteiger partial charge in [0.05, 0.1) is 6.04 Å². The van der Waals surface area contributed by atoms with Gasteiger partial charge in [0.2, 0.25) is 0 Å². The Hall–Kier alpha value is -1.32. The molecule has 76 valence electrons. The smallest absolute Gasteiger partial charge is 0.0638 e. The van der Waals surface area contributed by atoms with Crippen LogP contribution in [0, 0.1) is 0 Å². The van der Waals surface area contributed by atoms with Crippen molar-refractivity contribution in [3.8, 4) is 0 Å². The van der Waals surface area contributed by atoms with E-state index in [1.165, 1.54) is 0 Å². The van der Waals surface area contributed by atoms with Gasteiger partial charge in [0.25, 0.3) is 0 Å². The largest absolute Gasteiger partial charge is 0.378 e. The van der Waals surface area contributed by atoms with Gasteiger partial charge in [0.15, 0.2) is 0 Å². The molecule has 1 atom stereocenters. The summed E-state index contributed by atoms with van der Waals surface area (Å²) >= 11 is 0. The molecule has 0 fully saturated rings. The van der Waals surface area contributed by atoms with Crippen molar-refractivity contribution in [3.05, 3.63) is 42.5 Å². The molecule has 0 aromatic heterocycles. The lowest BCUT2D eigenvalue weighted by atomic mass is 10.1. The Morgan fingerprint density at radius 2 is 2.21 bits per heavy atom. The van der Waals surface area contributed by atoms with E-state index in [1.54, 1.807) is 6.08 Å². The lowest BCUT2D eigenvalue weighted by Gasteiger charge is -2.16. The number of anilines is 1. The molecule has 1 aromatic rings. The molecule has 0 aliphatic rings. The van der Waals surface area contributed by atoms with Gasteiger partial charge in [-0.2, -0.15) is 0 Å². The molecule has 0 aliphatic heterocycles. The van der Waals surface area contributed by atoms with Crippen LogP contribution in [-0.2, 0) is 0 Å². The summed E-state index contributed by atoms with van der Waals surface area (Å²) in [5.74, 6) is 5.41. The van der Waals surface area contributed by atoms with Crippen molar-refractivity contribution in [2.75, 3.05) is 19.0 Å². The number of benzene rings is 1. The summed E-state index contributed by atoms with van der Waals surface area (Å²) in [6.07, 6.45) is 1.79. The molecule has 0 aliphatic carbocycles. The van der Waals surface area contributed by atoms with Crippen LogP contribution in [0.15, 0.2) is 36.9 Å². The molecule has 1 unspecified atom stereocenters. The second-order valence-electron chi connectivity index (χ2n) is 3.37. The zero-order chi connectivity index (χ0) is 10.6. The average molecular weight is 191 g/mol. The van der Waals surface area contributed by atoms with Crippen molar-refractivity contribution < 1.29 is 0 Å². The maximum atomic E-state index is 5.41. The first-order valence-electron chi connectivity index (χ1n) is 4.55. The number of rotatable bonds is 4. The lowest BCUT2D eigenvalue weighted by molar-refractivity contribution is 0.657. The van der Waals surface area contributed by atoms with Gasteiger partial charge in [-0.15, -0.1) is 6.58 Å². The van der Waals surface area contributed by atoms with Gasteiger partial charge in [-0.05, 0) is 17.7 Å². The van der Waals surface area contributed by atoms with Crippen LogP contribution in [0.2, 0.25) is 0 Å². The summed E-state index contributed by atoms with van der Waals surface area (Å²) in [6.45, 7) is 3.73. The van der Waals surface area contributed by atoms with E-state index >= 15 is 0 Å². The van der Waals surface area contributed by atoms with Gasteiger partial charge >= 0.3 is 0 Å². The maximum absolute atomic E-state index is 5.41. The Kier molecular flexibility index (Phi) is 3.68. The molecule has 0 saturated heterocycles. The van der Waals surface area contributed by atoms with Crippen molar-refractivity contribution in [3.63, 3.8) is 0 Å². The zero-order valence-corrected chi connectivity index (χ0v) is 8.70. The molecular weight excluding hydrogens is 174 g/mol. The predicted octanol–water partition coefficient (Wildman–Crippen LogP) is 1.44. The Bertz CT molecular complexity index is 307. The standard InChI is InChI=1S/C11H17N3/c1-4-11(13-12)9-6-5-7-10(8-9)14(2)3/h4-8,11,13H,1,12H2,2-3H3. The fourth-order valence-corrected chi connectivity index (χ4v) is 1.30. The van der Waals surface area contributed by atoms with Crippen LogP contribution in [0.5, 0.6) is 0 Å². The Morgan fingerprint density at radius 1 is 1.50 bits per heavy atom. The monoisotopic (exact) mass is 191 g/mol. The fraction of sp³-hybridized carbons (Fsp3) is 0.273. The fourth-order valence-electron chi connectivity index (χ4n) is 1.30. The number of nitrogens with two attached hydrogens (primary N) is 1. The van der Waals surface area contributed by atoms with Crippen molar-refractivity contribution >= 4 is 5.69 Å². The van der Waals surface area contributed by atoms with Crippen LogP contribution in [0.4, 0.5) is 5.69 Å². The SMILES string of the molecule is C=CC(NN)c1cccc(N(C)C)c1. The zero-order valence-electron chi connectivity index (χ0n) is 8.70. The van der Waals surface area contributed by atoms with E-state index in [2.05, 4.69) is 29.0 Å². The molecule has 3 heteroatoms. The highest BCUT2D eigenvalue weighted by atomic mass is 15.2. The van der Waals surface area contributed by atoms with E-state index in [4.69, 9.17) is 5.84 Å². The predicted molar refractivity (Wildman–Crippen MR) is 61.0 cm³/mol. The van der Waals surface area contributed by atoms with E-state index in [1.807, 2.05) is 26.2 Å². The minimum absolute atomic E-state index is 0.00917. The summed E-state index contributed by atoms with van der Waals surface area (Å²) in [7, 11) is 4.02. The topological polar surface area (TPSA) is 41.3 Å². The third-order valence-electron chi connectivity index (χ3n) is 2.16. The molecule has 1 aromatic carbocycles. The summed E-state index contributed by atoms with van der Waals surface area (Å²) in [4.78, 5) is 2.06. The first-order valence-corrected chi connectivity index (χ1v) is 4.55. The number of hydrogen-bond acceptors (Lipinski definition) is 3. The van der Waals surface area contributed by atoms with Gasteiger partial charge in [0.1, 0.15) is 0 Å². The van der Waals surface area contributed by atoms with E-state index in [-0.39, 0.29) is 6.04 Å². The highest BCUT2D eigenvalue weighted by Crippen LogP contribution is 2.19. The third kappa shape index (κ3) is 2.34. The van der Waals surface area contributed by atoms with Crippen molar-refractivity contribution in [2.24, 2.45) is 5.84 Å². The molecule has 3 N–H and O–H groups in total. The van der Waals surface area contributed by atoms with Gasteiger partial charge < -0.3 is 4.90 Å². The Balaban J connectivity index is 2.98. The van der Waals surface area contributed by atoms with Crippen molar-refractivity contribution in [1.82, 2.24) is 5.43 Å². The van der Waals surface area contributed by atoms with E-state index < -0.39 is 0 Å². The van der Waals surface area contributed by atoms with Crippen molar-refractivity contribution in [2.45, 2.75) is 6.04 Å². The first-order chi connectivity index (χ1) is 6.69. The van der Waals surface area contributed by atoms with Gasteiger partial charge in [0, 0.05) is 19.8 Å². The molecule has 3 nitrogen and oxygen atoms in total. The van der Waals surface area contributed by atoms with Gasteiger partial charge in [-0.1, -0.05) is 18.2 Å². The Labute approximate surface area is 85.2 Å². The molecule has 1 rings (SSSR count). The average Bonchev–Trinajstić information content (AvgIpc) is 2.20. The highest BCUT2D eigenvalue weighted by Gasteiger charge is 2.05. The summed E-state index contributed by atoms with van der Waals surface area (Å²) in [5, 5.41) is 0. The molecule has 14 heavy (non-hydrogen) atoms. The van der Waals surface area contributed by atoms with Crippen LogP contribution < -0.4 is 16.2 Å².